The molecule has 5 aliphatic rings. The third-order valence-corrected chi connectivity index (χ3v) is 11.2. The molecule has 3 heteroatoms. The first-order valence-electron chi connectivity index (χ1n) is 14.5. The summed E-state index contributed by atoms with van der Waals surface area (Å²) in [6.45, 7) is 12.2. The van der Waals surface area contributed by atoms with E-state index in [1.54, 1.807) is 0 Å². The van der Waals surface area contributed by atoms with Crippen LogP contribution in [0, 0.1) is 40.4 Å². The molecule has 1 heterocycles. The maximum absolute atomic E-state index is 12.3. The molecule has 4 saturated carbocycles. The molecule has 0 spiro atoms. The maximum Gasteiger partial charge on any atom is 0.317 e. The van der Waals surface area contributed by atoms with E-state index in [1.807, 2.05) is 18.7 Å². The highest BCUT2D eigenvalue weighted by Crippen LogP contribution is 2.67. The lowest BCUT2D eigenvalue weighted by atomic mass is 9.45. The summed E-state index contributed by atoms with van der Waals surface area (Å²) < 4.78 is 0. The summed E-state index contributed by atoms with van der Waals surface area (Å²) in [4.78, 5) is 14.2. The van der Waals surface area contributed by atoms with Gasteiger partial charge in [0.05, 0.1) is 0 Å². The largest absolute Gasteiger partial charge is 0.338 e. The van der Waals surface area contributed by atoms with E-state index in [0.29, 0.717) is 10.8 Å². The molecule has 1 N–H and O–H groups in total. The molecule has 0 bridgehead atoms. The van der Waals surface area contributed by atoms with Gasteiger partial charge in [0, 0.05) is 19.6 Å². The highest BCUT2D eigenvalue weighted by molar-refractivity contribution is 5.74. The minimum atomic E-state index is 0.181. The lowest BCUT2D eigenvalue weighted by Gasteiger charge is -2.60. The smallest absolute Gasteiger partial charge is 0.317 e. The van der Waals surface area contributed by atoms with Crippen LogP contribution in [-0.4, -0.2) is 30.6 Å². The van der Waals surface area contributed by atoms with Gasteiger partial charge >= 0.3 is 6.03 Å². The number of carbonyl (C=O) groups excluding carboxylic acids is 1. The summed E-state index contributed by atoms with van der Waals surface area (Å²) in [5.74, 6) is 4.95. The number of carbonyl (C=O) groups is 1. The second-order valence-corrected chi connectivity index (χ2v) is 12.3. The molecule has 5 rings (SSSR count). The second kappa shape index (κ2) is 10.3. The van der Waals surface area contributed by atoms with E-state index in [9.17, 15) is 4.79 Å². The predicted molar refractivity (Wildman–Crippen MR) is 135 cm³/mol. The van der Waals surface area contributed by atoms with Crippen molar-refractivity contribution in [3.05, 3.63) is 0 Å². The van der Waals surface area contributed by atoms with Gasteiger partial charge in [0.1, 0.15) is 0 Å². The quantitative estimate of drug-likeness (QED) is 0.444. The average molecular weight is 445 g/mol. The third kappa shape index (κ3) is 4.36. The topological polar surface area (TPSA) is 32.3 Å². The fourth-order valence-corrected chi connectivity index (χ4v) is 9.45. The number of amides is 2. The lowest BCUT2D eigenvalue weighted by Crippen LogP contribution is -2.52. The van der Waals surface area contributed by atoms with Gasteiger partial charge in [0.15, 0.2) is 0 Å². The SMILES string of the molecule is CC.CC12CCCCC1CCC1C2CCC2(C)C(CCCNC(=O)N3CCCC3)CCC12. The van der Waals surface area contributed by atoms with E-state index in [1.165, 1.54) is 89.9 Å². The van der Waals surface area contributed by atoms with Gasteiger partial charge in [-0.15, -0.1) is 0 Å². The van der Waals surface area contributed by atoms with Gasteiger partial charge < -0.3 is 10.2 Å². The number of fused-ring (bicyclic) bond motifs is 5. The zero-order valence-corrected chi connectivity index (χ0v) is 21.8. The molecule has 0 aromatic heterocycles. The molecule has 7 unspecified atom stereocenters. The summed E-state index contributed by atoms with van der Waals surface area (Å²) in [7, 11) is 0. The minimum Gasteiger partial charge on any atom is -0.338 e. The highest BCUT2D eigenvalue weighted by atomic mass is 16.2. The summed E-state index contributed by atoms with van der Waals surface area (Å²) in [6, 6.07) is 0.181. The summed E-state index contributed by atoms with van der Waals surface area (Å²) in [6.07, 6.45) is 19.8. The normalized spacial score (nSPS) is 42.9. The first-order valence-corrected chi connectivity index (χ1v) is 14.5. The van der Waals surface area contributed by atoms with E-state index in [2.05, 4.69) is 19.2 Å². The Morgan fingerprint density at radius 1 is 0.844 bits per heavy atom. The number of hydrogen-bond donors (Lipinski definition) is 1. The average Bonchev–Trinajstić information content (AvgIpc) is 3.46. The minimum absolute atomic E-state index is 0.181. The zero-order chi connectivity index (χ0) is 22.8. The van der Waals surface area contributed by atoms with Crippen molar-refractivity contribution >= 4 is 6.03 Å². The molecular weight excluding hydrogens is 392 g/mol. The van der Waals surface area contributed by atoms with Gasteiger partial charge in [-0.2, -0.15) is 0 Å². The Morgan fingerprint density at radius 2 is 1.59 bits per heavy atom. The van der Waals surface area contributed by atoms with E-state index in [0.717, 1.165) is 49.2 Å². The van der Waals surface area contributed by atoms with Crippen LogP contribution in [0.4, 0.5) is 4.79 Å². The van der Waals surface area contributed by atoms with Gasteiger partial charge in [0.25, 0.3) is 0 Å². The summed E-state index contributed by atoms with van der Waals surface area (Å²) in [5, 5.41) is 3.20. The van der Waals surface area contributed by atoms with Crippen LogP contribution < -0.4 is 5.32 Å². The van der Waals surface area contributed by atoms with E-state index in [-0.39, 0.29) is 6.03 Å². The van der Waals surface area contributed by atoms with Crippen LogP contribution >= 0.6 is 0 Å². The van der Waals surface area contributed by atoms with Crippen molar-refractivity contribution in [2.45, 2.75) is 118 Å². The van der Waals surface area contributed by atoms with Crippen LogP contribution in [0.3, 0.4) is 0 Å². The number of rotatable bonds is 4. The molecule has 0 aromatic rings. The molecule has 1 saturated heterocycles. The standard InChI is InChI=1S/C27H46N2O.C2H6/c1-26-15-4-3-8-20(26)10-12-22-23-13-11-21(27(23,2)16-14-24(22)26)9-7-17-28-25(30)29-18-5-6-19-29;1-2/h20-24H,3-19H2,1-2H3,(H,28,30);1-2H3. The van der Waals surface area contributed by atoms with Crippen molar-refractivity contribution in [2.75, 3.05) is 19.6 Å². The molecule has 7 atom stereocenters. The second-order valence-electron chi connectivity index (χ2n) is 12.3. The maximum atomic E-state index is 12.3. The van der Waals surface area contributed by atoms with Crippen LogP contribution in [0.1, 0.15) is 118 Å². The van der Waals surface area contributed by atoms with E-state index in [4.69, 9.17) is 0 Å². The Balaban J connectivity index is 0.00000119. The van der Waals surface area contributed by atoms with Crippen molar-refractivity contribution in [1.82, 2.24) is 10.2 Å². The fraction of sp³-hybridized carbons (Fsp3) is 0.966. The predicted octanol–water partition coefficient (Wildman–Crippen LogP) is 7.65. The number of likely N-dealkylation sites (tertiary alicyclic amines) is 1. The van der Waals surface area contributed by atoms with E-state index < -0.39 is 0 Å². The van der Waals surface area contributed by atoms with Crippen LogP contribution in [0.25, 0.3) is 0 Å². The Hall–Kier alpha value is -0.730. The van der Waals surface area contributed by atoms with Crippen LogP contribution in [-0.2, 0) is 0 Å². The van der Waals surface area contributed by atoms with Crippen LogP contribution in [0.2, 0.25) is 0 Å². The van der Waals surface area contributed by atoms with Gasteiger partial charge in [-0.05, 0) is 117 Å². The van der Waals surface area contributed by atoms with Gasteiger partial charge in [-0.1, -0.05) is 40.5 Å². The van der Waals surface area contributed by atoms with Crippen molar-refractivity contribution < 1.29 is 4.79 Å². The molecule has 2 amide bonds. The van der Waals surface area contributed by atoms with Gasteiger partial charge in [-0.3, -0.25) is 0 Å². The Bertz CT molecular complexity index is 629. The molecule has 5 fully saturated rings. The summed E-state index contributed by atoms with van der Waals surface area (Å²) in [5.41, 5.74) is 1.25. The first kappa shape index (κ1) is 24.4. The van der Waals surface area contributed by atoms with E-state index >= 15 is 0 Å². The highest BCUT2D eigenvalue weighted by Gasteiger charge is 2.59. The Labute approximate surface area is 198 Å². The summed E-state index contributed by atoms with van der Waals surface area (Å²) >= 11 is 0. The molecular formula is C29H52N2O. The Morgan fingerprint density at radius 3 is 2.38 bits per heavy atom. The first-order chi connectivity index (χ1) is 15.5. The lowest BCUT2D eigenvalue weighted by molar-refractivity contribution is -0.111. The van der Waals surface area contributed by atoms with Crippen molar-refractivity contribution in [2.24, 2.45) is 40.4 Å². The molecule has 4 aliphatic carbocycles. The number of nitrogens with zero attached hydrogens (tertiary/aromatic N) is 1. The van der Waals surface area contributed by atoms with Crippen LogP contribution in [0.15, 0.2) is 0 Å². The molecule has 0 radical (unpaired) electrons. The molecule has 1 aliphatic heterocycles. The van der Waals surface area contributed by atoms with Gasteiger partial charge in [-0.25, -0.2) is 4.79 Å². The van der Waals surface area contributed by atoms with Gasteiger partial charge in [0.2, 0.25) is 0 Å². The number of hydrogen-bond acceptors (Lipinski definition) is 1. The number of nitrogens with one attached hydrogen (secondary N) is 1. The Kier molecular flexibility index (Phi) is 7.82. The number of urea groups is 1. The zero-order valence-electron chi connectivity index (χ0n) is 21.8. The third-order valence-electron chi connectivity index (χ3n) is 11.2. The monoisotopic (exact) mass is 444 g/mol. The van der Waals surface area contributed by atoms with Crippen molar-refractivity contribution in [3.63, 3.8) is 0 Å². The molecule has 0 aromatic carbocycles. The van der Waals surface area contributed by atoms with Crippen LogP contribution in [0.5, 0.6) is 0 Å². The fourth-order valence-electron chi connectivity index (χ4n) is 9.45. The van der Waals surface area contributed by atoms with Crippen molar-refractivity contribution in [1.29, 1.82) is 0 Å². The van der Waals surface area contributed by atoms with Crippen molar-refractivity contribution in [3.8, 4) is 0 Å². The molecule has 184 valence electrons. The molecule has 3 nitrogen and oxygen atoms in total. The molecule has 32 heavy (non-hydrogen) atoms.